The minimum absolute atomic E-state index is 0.409. The summed E-state index contributed by atoms with van der Waals surface area (Å²) in [5.41, 5.74) is 6.16. The van der Waals surface area contributed by atoms with E-state index in [1.807, 2.05) is 0 Å². The molecule has 0 radical (unpaired) electrons. The van der Waals surface area contributed by atoms with Gasteiger partial charge in [0.25, 0.3) is 0 Å². The molecule has 1 saturated heterocycles. The molecule has 3 heterocycles. The zero-order chi connectivity index (χ0) is 25.2. The van der Waals surface area contributed by atoms with Crippen molar-refractivity contribution in [2.24, 2.45) is 11.3 Å². The standard InChI is InChI=1S/C32H43N3O2/c1-36-30-19-24-11-18-35(22-23-9-12-32(13-10-23)14-16-33-17-15-32)29(27(24)20-31(30)37-2)8-7-25-21-34-28-6-4-3-5-26(25)28/h3-6,19-21,23,29,33-34H,7-18,22H2,1-2H3. The fourth-order valence-electron chi connectivity index (χ4n) is 7.53. The molecule has 3 aromatic rings. The second kappa shape index (κ2) is 10.7. The maximum atomic E-state index is 5.75. The number of methoxy groups -OCH3 is 2. The van der Waals surface area contributed by atoms with E-state index in [4.69, 9.17) is 9.47 Å². The van der Waals surface area contributed by atoms with Crippen LogP contribution in [0.3, 0.4) is 0 Å². The van der Waals surface area contributed by atoms with Crippen molar-refractivity contribution < 1.29 is 9.47 Å². The molecule has 3 aliphatic rings. The molecule has 2 fully saturated rings. The number of para-hydroxylation sites is 1. The smallest absolute Gasteiger partial charge is 0.161 e. The van der Waals surface area contributed by atoms with Gasteiger partial charge in [-0.05, 0) is 117 Å². The molecule has 2 aromatic carbocycles. The van der Waals surface area contributed by atoms with Gasteiger partial charge in [-0.2, -0.15) is 0 Å². The average Bonchev–Trinajstić information content (AvgIpc) is 3.36. The van der Waals surface area contributed by atoms with Crippen LogP contribution in [0.25, 0.3) is 10.9 Å². The van der Waals surface area contributed by atoms with Gasteiger partial charge in [0, 0.05) is 36.2 Å². The monoisotopic (exact) mass is 501 g/mol. The van der Waals surface area contributed by atoms with Crippen molar-refractivity contribution in [3.63, 3.8) is 0 Å². The fourth-order valence-corrected chi connectivity index (χ4v) is 7.53. The number of nitrogens with one attached hydrogen (secondary N) is 2. The number of hydrogen-bond acceptors (Lipinski definition) is 4. The molecule has 1 unspecified atom stereocenters. The van der Waals surface area contributed by atoms with Gasteiger partial charge in [-0.15, -0.1) is 0 Å². The Balaban J connectivity index is 1.23. The summed E-state index contributed by atoms with van der Waals surface area (Å²) in [5, 5.41) is 4.93. The summed E-state index contributed by atoms with van der Waals surface area (Å²) in [6.07, 6.45) is 13.9. The van der Waals surface area contributed by atoms with Crippen molar-refractivity contribution in [1.29, 1.82) is 0 Å². The van der Waals surface area contributed by atoms with Gasteiger partial charge in [-0.25, -0.2) is 0 Å². The Hall–Kier alpha value is -2.50. The van der Waals surface area contributed by atoms with Gasteiger partial charge in [0.1, 0.15) is 0 Å². The molecule has 2 N–H and O–H groups in total. The van der Waals surface area contributed by atoms with Gasteiger partial charge in [-0.1, -0.05) is 18.2 Å². The Morgan fingerprint density at radius 1 is 0.973 bits per heavy atom. The van der Waals surface area contributed by atoms with E-state index < -0.39 is 0 Å². The van der Waals surface area contributed by atoms with Crippen LogP contribution in [0.2, 0.25) is 0 Å². The van der Waals surface area contributed by atoms with Crippen LogP contribution in [0.1, 0.15) is 67.7 Å². The number of rotatable bonds is 7. The van der Waals surface area contributed by atoms with Crippen LogP contribution < -0.4 is 14.8 Å². The average molecular weight is 502 g/mol. The lowest BCUT2D eigenvalue weighted by atomic mass is 9.65. The summed E-state index contributed by atoms with van der Waals surface area (Å²) in [7, 11) is 3.50. The summed E-state index contributed by atoms with van der Waals surface area (Å²) in [5.74, 6) is 2.52. The first-order valence-corrected chi connectivity index (χ1v) is 14.4. The molecule has 6 rings (SSSR count). The van der Waals surface area contributed by atoms with Crippen LogP contribution in [0, 0.1) is 11.3 Å². The third-order valence-corrected chi connectivity index (χ3v) is 9.80. The molecule has 0 bridgehead atoms. The topological polar surface area (TPSA) is 49.5 Å². The first-order valence-electron chi connectivity index (χ1n) is 14.4. The second-order valence-electron chi connectivity index (χ2n) is 11.8. The van der Waals surface area contributed by atoms with Crippen LogP contribution in [-0.2, 0) is 12.8 Å². The van der Waals surface area contributed by atoms with E-state index >= 15 is 0 Å². The van der Waals surface area contributed by atoms with Gasteiger partial charge in [0.15, 0.2) is 11.5 Å². The van der Waals surface area contributed by atoms with E-state index in [0.717, 1.165) is 43.2 Å². The third kappa shape index (κ3) is 5.00. The van der Waals surface area contributed by atoms with E-state index in [0.29, 0.717) is 11.5 Å². The summed E-state index contributed by atoms with van der Waals surface area (Å²) < 4.78 is 11.4. The predicted molar refractivity (Wildman–Crippen MR) is 151 cm³/mol. The zero-order valence-electron chi connectivity index (χ0n) is 22.7. The first kappa shape index (κ1) is 24.8. The van der Waals surface area contributed by atoms with E-state index in [1.54, 1.807) is 14.2 Å². The Bertz CT molecular complexity index is 1200. The highest BCUT2D eigenvalue weighted by Gasteiger charge is 2.38. The van der Waals surface area contributed by atoms with Crippen LogP contribution in [0.15, 0.2) is 42.6 Å². The van der Waals surface area contributed by atoms with E-state index in [9.17, 15) is 0 Å². The summed E-state index contributed by atoms with van der Waals surface area (Å²) in [4.78, 5) is 6.29. The number of nitrogens with zero attached hydrogens (tertiary/aromatic N) is 1. The quantitative estimate of drug-likeness (QED) is 0.400. The van der Waals surface area contributed by atoms with E-state index in [2.05, 4.69) is 57.8 Å². The van der Waals surface area contributed by atoms with Crippen LogP contribution in [0.5, 0.6) is 11.5 Å². The van der Waals surface area contributed by atoms with Gasteiger partial charge in [0.2, 0.25) is 0 Å². The number of benzene rings is 2. The lowest BCUT2D eigenvalue weighted by molar-refractivity contribution is 0.0721. The number of fused-ring (bicyclic) bond motifs is 2. The molecule has 37 heavy (non-hydrogen) atoms. The maximum Gasteiger partial charge on any atom is 0.161 e. The van der Waals surface area contributed by atoms with Crippen molar-refractivity contribution in [3.8, 4) is 11.5 Å². The van der Waals surface area contributed by atoms with E-state index in [-0.39, 0.29) is 0 Å². The largest absolute Gasteiger partial charge is 0.493 e. The van der Waals surface area contributed by atoms with Gasteiger partial charge in [0.05, 0.1) is 14.2 Å². The second-order valence-corrected chi connectivity index (χ2v) is 11.8. The summed E-state index contributed by atoms with van der Waals surface area (Å²) in [6.45, 7) is 4.79. The zero-order valence-corrected chi connectivity index (χ0v) is 22.7. The summed E-state index contributed by atoms with van der Waals surface area (Å²) in [6, 6.07) is 13.6. The van der Waals surface area contributed by atoms with Crippen molar-refractivity contribution >= 4 is 10.9 Å². The third-order valence-electron chi connectivity index (χ3n) is 9.80. The van der Waals surface area contributed by atoms with Crippen LogP contribution >= 0.6 is 0 Å². The molecule has 1 spiro atoms. The molecule has 2 aliphatic heterocycles. The molecule has 198 valence electrons. The SMILES string of the molecule is COc1cc2c(cc1OC)C(CCc1c[nH]c3ccccc13)N(CC1CCC3(CCNCC3)CC1)CC2. The number of aromatic amines is 1. The molecule has 1 aromatic heterocycles. The number of ether oxygens (including phenoxy) is 2. The Morgan fingerprint density at radius 3 is 2.51 bits per heavy atom. The molecule has 1 atom stereocenters. The lowest BCUT2D eigenvalue weighted by Gasteiger charge is -2.45. The van der Waals surface area contributed by atoms with Crippen molar-refractivity contribution in [2.75, 3.05) is 40.4 Å². The van der Waals surface area contributed by atoms with Crippen molar-refractivity contribution in [3.05, 3.63) is 59.3 Å². The number of piperidine rings is 1. The number of hydrogen-bond donors (Lipinski definition) is 2. The molecule has 5 nitrogen and oxygen atoms in total. The highest BCUT2D eigenvalue weighted by Crippen LogP contribution is 2.46. The van der Waals surface area contributed by atoms with Crippen LogP contribution in [-0.4, -0.2) is 50.3 Å². The van der Waals surface area contributed by atoms with Crippen molar-refractivity contribution in [2.45, 2.75) is 63.8 Å². The van der Waals surface area contributed by atoms with Gasteiger partial charge in [-0.3, -0.25) is 4.90 Å². The molecule has 0 amide bonds. The fraction of sp³-hybridized carbons (Fsp3) is 0.562. The number of aromatic nitrogens is 1. The summed E-state index contributed by atoms with van der Waals surface area (Å²) >= 11 is 0. The highest BCUT2D eigenvalue weighted by atomic mass is 16.5. The Kier molecular flexibility index (Phi) is 7.18. The maximum absolute atomic E-state index is 5.75. The molecular formula is C32H43N3O2. The Labute approximate surface area is 221 Å². The molecular weight excluding hydrogens is 458 g/mol. The van der Waals surface area contributed by atoms with Crippen molar-refractivity contribution in [1.82, 2.24) is 15.2 Å². The molecule has 1 saturated carbocycles. The molecule has 1 aliphatic carbocycles. The lowest BCUT2D eigenvalue weighted by Crippen LogP contribution is -2.43. The normalized spacial score (nSPS) is 22.3. The minimum Gasteiger partial charge on any atom is -0.493 e. The minimum atomic E-state index is 0.409. The molecule has 5 heteroatoms. The number of aryl methyl sites for hydroxylation is 1. The highest BCUT2D eigenvalue weighted by molar-refractivity contribution is 5.83. The van der Waals surface area contributed by atoms with E-state index in [1.165, 1.54) is 85.8 Å². The first-order chi connectivity index (χ1) is 18.2. The van der Waals surface area contributed by atoms with Crippen LogP contribution in [0.4, 0.5) is 0 Å². The van der Waals surface area contributed by atoms with Gasteiger partial charge < -0.3 is 19.8 Å². The number of H-pyrrole nitrogens is 1. The Morgan fingerprint density at radius 2 is 1.73 bits per heavy atom. The predicted octanol–water partition coefficient (Wildman–Crippen LogP) is 6.28. The van der Waals surface area contributed by atoms with Gasteiger partial charge >= 0.3 is 0 Å².